The molecule has 9 heteroatoms. The zero-order valence-electron chi connectivity index (χ0n) is 15.6. The summed E-state index contributed by atoms with van der Waals surface area (Å²) in [6, 6.07) is 6.55. The van der Waals surface area contributed by atoms with Gasteiger partial charge in [-0.2, -0.15) is 5.10 Å². The molecular formula is C19H22F2N4O3. The summed E-state index contributed by atoms with van der Waals surface area (Å²) in [5.74, 6) is 0.847. The summed E-state index contributed by atoms with van der Waals surface area (Å²) in [6.07, 6.45) is -1.58. The van der Waals surface area contributed by atoms with Gasteiger partial charge in [0.05, 0.1) is 26.7 Å². The lowest BCUT2D eigenvalue weighted by atomic mass is 10.0. The smallest absolute Gasteiger partial charge is 0.346 e. The number of aryl methyl sites for hydroxylation is 1. The fourth-order valence-electron chi connectivity index (χ4n) is 3.89. The summed E-state index contributed by atoms with van der Waals surface area (Å²) in [6.45, 7) is -0.256. The fraction of sp³-hybridized carbons (Fsp3) is 0.526. The number of carbonyl (C=O) groups is 1. The Morgan fingerprint density at radius 2 is 1.89 bits per heavy atom. The van der Waals surface area contributed by atoms with E-state index >= 15 is 0 Å². The first-order valence-electron chi connectivity index (χ1n) is 9.36. The average molecular weight is 392 g/mol. The van der Waals surface area contributed by atoms with Crippen molar-refractivity contribution in [3.05, 3.63) is 46.1 Å². The van der Waals surface area contributed by atoms with Crippen molar-refractivity contribution in [2.75, 3.05) is 20.2 Å². The molecule has 2 aromatic rings. The Balaban J connectivity index is 1.59. The number of ether oxygens (including phenoxy) is 1. The second kappa shape index (κ2) is 7.37. The van der Waals surface area contributed by atoms with E-state index in [0.717, 1.165) is 5.56 Å². The summed E-state index contributed by atoms with van der Waals surface area (Å²) in [5.41, 5.74) is 0.498. The zero-order valence-corrected chi connectivity index (χ0v) is 15.6. The molecule has 0 radical (unpaired) electrons. The molecule has 4 rings (SSSR count). The van der Waals surface area contributed by atoms with Crippen LogP contribution in [0, 0.1) is 0 Å². The molecule has 1 amide bonds. The second-order valence-corrected chi connectivity index (χ2v) is 7.26. The quantitative estimate of drug-likeness (QED) is 0.791. The van der Waals surface area contributed by atoms with Crippen molar-refractivity contribution in [3.8, 4) is 5.75 Å². The number of fused-ring (bicyclic) bond motifs is 1. The van der Waals surface area contributed by atoms with E-state index in [4.69, 9.17) is 4.74 Å². The fourth-order valence-corrected chi connectivity index (χ4v) is 3.89. The van der Waals surface area contributed by atoms with Crippen LogP contribution in [-0.2, 0) is 17.8 Å². The molecule has 3 heterocycles. The van der Waals surface area contributed by atoms with Crippen molar-refractivity contribution < 1.29 is 18.3 Å². The minimum atomic E-state index is -1.67. The summed E-state index contributed by atoms with van der Waals surface area (Å²) in [4.78, 5) is 26.9. The Bertz CT molecular complexity index is 914. The third kappa shape index (κ3) is 3.29. The number of methoxy groups -OCH3 is 1. The molecule has 2 aliphatic heterocycles. The molecule has 3 atom stereocenters. The van der Waals surface area contributed by atoms with Gasteiger partial charge in [-0.15, -0.1) is 0 Å². The number of hydrogen-bond donors (Lipinski definition) is 0. The van der Waals surface area contributed by atoms with Gasteiger partial charge in [0, 0.05) is 6.42 Å². The minimum Gasteiger partial charge on any atom is -0.497 e. The SMILES string of the molecule is COc1ccc(Cn2nc3n(c2=O)[C@H](C(=O)N2C[C@@H](F)[C@@H](F)C2)CCC3)cc1. The maximum absolute atomic E-state index is 13.5. The Morgan fingerprint density at radius 3 is 2.54 bits per heavy atom. The number of hydrogen-bond acceptors (Lipinski definition) is 4. The zero-order chi connectivity index (χ0) is 19.8. The number of rotatable bonds is 4. The van der Waals surface area contributed by atoms with Crippen LogP contribution in [0.3, 0.4) is 0 Å². The molecule has 1 aromatic heterocycles. The summed E-state index contributed by atoms with van der Waals surface area (Å²) in [7, 11) is 1.58. The standard InChI is InChI=1S/C19H22F2N4O3/c1-28-13-7-5-12(6-8-13)9-24-19(27)25-16(3-2-4-17(25)22-24)18(26)23-10-14(20)15(21)11-23/h5-8,14-16H,2-4,9-11H2,1H3/t14-,15+,16-/m0/s1. The molecule has 1 aromatic carbocycles. The first kappa shape index (κ1) is 18.6. The minimum absolute atomic E-state index is 0.263. The van der Waals surface area contributed by atoms with Crippen LogP contribution in [0.5, 0.6) is 5.75 Å². The summed E-state index contributed by atoms with van der Waals surface area (Å²) < 4.78 is 34.9. The number of likely N-dealkylation sites (tertiary alicyclic amines) is 1. The Morgan fingerprint density at radius 1 is 1.21 bits per heavy atom. The van der Waals surface area contributed by atoms with Crippen LogP contribution in [0.15, 0.2) is 29.1 Å². The largest absolute Gasteiger partial charge is 0.497 e. The first-order valence-corrected chi connectivity index (χ1v) is 9.36. The van der Waals surface area contributed by atoms with E-state index in [-0.39, 0.29) is 25.3 Å². The third-order valence-electron chi connectivity index (χ3n) is 5.40. The molecular weight excluding hydrogens is 370 g/mol. The summed E-state index contributed by atoms with van der Waals surface area (Å²) in [5, 5.41) is 4.39. The highest BCUT2D eigenvalue weighted by Crippen LogP contribution is 2.27. The molecule has 28 heavy (non-hydrogen) atoms. The Hall–Kier alpha value is -2.71. The van der Waals surface area contributed by atoms with Crippen LogP contribution < -0.4 is 10.4 Å². The van der Waals surface area contributed by atoms with Gasteiger partial charge in [0.15, 0.2) is 12.3 Å². The lowest BCUT2D eigenvalue weighted by Crippen LogP contribution is -2.42. The van der Waals surface area contributed by atoms with Gasteiger partial charge in [0.25, 0.3) is 0 Å². The molecule has 0 unspecified atom stereocenters. The van der Waals surface area contributed by atoms with Crippen LogP contribution in [0.25, 0.3) is 0 Å². The molecule has 7 nitrogen and oxygen atoms in total. The molecule has 0 spiro atoms. The maximum atomic E-state index is 13.5. The normalized spacial score (nSPS) is 24.2. The van der Waals surface area contributed by atoms with Gasteiger partial charge in [0.2, 0.25) is 5.91 Å². The van der Waals surface area contributed by atoms with Gasteiger partial charge < -0.3 is 9.64 Å². The highest BCUT2D eigenvalue weighted by molar-refractivity contribution is 5.81. The van der Waals surface area contributed by atoms with Crippen molar-refractivity contribution in [2.45, 2.75) is 44.2 Å². The molecule has 150 valence electrons. The van der Waals surface area contributed by atoms with Crippen LogP contribution in [0.4, 0.5) is 8.78 Å². The number of amides is 1. The number of halogens is 2. The number of alkyl halides is 2. The average Bonchev–Trinajstić information content (AvgIpc) is 3.21. The third-order valence-corrected chi connectivity index (χ3v) is 5.40. The molecule has 0 aliphatic carbocycles. The summed E-state index contributed by atoms with van der Waals surface area (Å²) >= 11 is 0. The van der Waals surface area contributed by atoms with Crippen LogP contribution in [0.2, 0.25) is 0 Å². The van der Waals surface area contributed by atoms with Crippen LogP contribution in [-0.4, -0.2) is 57.7 Å². The maximum Gasteiger partial charge on any atom is 0.346 e. The number of aromatic nitrogens is 3. The highest BCUT2D eigenvalue weighted by Gasteiger charge is 2.40. The molecule has 0 saturated carbocycles. The predicted octanol–water partition coefficient (Wildman–Crippen LogP) is 1.50. The van der Waals surface area contributed by atoms with Gasteiger partial charge in [-0.05, 0) is 30.5 Å². The van der Waals surface area contributed by atoms with Crippen molar-refractivity contribution >= 4 is 5.91 Å². The van der Waals surface area contributed by atoms with Gasteiger partial charge in [0.1, 0.15) is 17.6 Å². The van der Waals surface area contributed by atoms with Crippen LogP contribution >= 0.6 is 0 Å². The Labute approximate surface area is 160 Å². The number of nitrogens with zero attached hydrogens (tertiary/aromatic N) is 4. The Kier molecular flexibility index (Phi) is 4.91. The van der Waals surface area contributed by atoms with E-state index < -0.39 is 24.3 Å². The molecule has 2 aliphatic rings. The van der Waals surface area contributed by atoms with Crippen molar-refractivity contribution in [2.24, 2.45) is 0 Å². The first-order chi connectivity index (χ1) is 13.5. The molecule has 1 fully saturated rings. The second-order valence-electron chi connectivity index (χ2n) is 7.26. The van der Waals surface area contributed by atoms with Gasteiger partial charge in [-0.1, -0.05) is 12.1 Å². The topological polar surface area (TPSA) is 69.4 Å². The van der Waals surface area contributed by atoms with Crippen LogP contribution in [0.1, 0.15) is 30.3 Å². The lowest BCUT2D eigenvalue weighted by molar-refractivity contribution is -0.134. The van der Waals surface area contributed by atoms with Gasteiger partial charge in [-0.25, -0.2) is 18.3 Å². The predicted molar refractivity (Wildman–Crippen MR) is 96.9 cm³/mol. The lowest BCUT2D eigenvalue weighted by Gasteiger charge is -2.26. The van der Waals surface area contributed by atoms with Gasteiger partial charge >= 0.3 is 5.69 Å². The monoisotopic (exact) mass is 392 g/mol. The van der Waals surface area contributed by atoms with E-state index in [1.165, 1.54) is 14.1 Å². The number of carbonyl (C=O) groups excluding carboxylic acids is 1. The van der Waals surface area contributed by atoms with Gasteiger partial charge in [-0.3, -0.25) is 9.36 Å². The van der Waals surface area contributed by atoms with E-state index in [9.17, 15) is 18.4 Å². The van der Waals surface area contributed by atoms with E-state index in [1.54, 1.807) is 19.2 Å². The van der Waals surface area contributed by atoms with E-state index in [0.29, 0.717) is 30.8 Å². The van der Waals surface area contributed by atoms with E-state index in [2.05, 4.69) is 5.10 Å². The highest BCUT2D eigenvalue weighted by atomic mass is 19.2. The van der Waals surface area contributed by atoms with Crippen molar-refractivity contribution in [1.82, 2.24) is 19.2 Å². The van der Waals surface area contributed by atoms with E-state index in [1.807, 2.05) is 12.1 Å². The molecule has 1 saturated heterocycles. The number of benzene rings is 1. The van der Waals surface area contributed by atoms with Crippen molar-refractivity contribution in [3.63, 3.8) is 0 Å². The molecule has 0 bridgehead atoms. The van der Waals surface area contributed by atoms with Crippen molar-refractivity contribution in [1.29, 1.82) is 0 Å². The molecule has 0 N–H and O–H groups in total.